The van der Waals surface area contributed by atoms with E-state index >= 15 is 0 Å². The molecule has 1 aromatic heterocycles. The molecule has 0 amide bonds. The topological polar surface area (TPSA) is 64.7 Å². The number of ketones is 1. The van der Waals surface area contributed by atoms with E-state index in [4.69, 9.17) is 22.1 Å². The number of nitriles is 2. The number of carbonyl (C=O) groups excluding carboxylic acids is 1. The number of nitrogens with zero attached hydrogens (tertiary/aromatic N) is 2. The van der Waals surface area contributed by atoms with E-state index in [2.05, 4.69) is 0 Å². The van der Waals surface area contributed by atoms with Crippen LogP contribution in [-0.4, -0.2) is 5.78 Å². The van der Waals surface area contributed by atoms with Crippen LogP contribution >= 0.6 is 22.9 Å². The lowest BCUT2D eigenvalue weighted by Gasteiger charge is -2.15. The van der Waals surface area contributed by atoms with E-state index in [0.29, 0.717) is 10.6 Å². The van der Waals surface area contributed by atoms with Gasteiger partial charge in [0, 0.05) is 27.8 Å². The lowest BCUT2D eigenvalue weighted by Crippen LogP contribution is -2.14. The summed E-state index contributed by atoms with van der Waals surface area (Å²) in [5.74, 6) is -1.33. The summed E-state index contributed by atoms with van der Waals surface area (Å²) in [5.41, 5.74) is 0.538. The zero-order valence-corrected chi connectivity index (χ0v) is 12.6. The largest absolute Gasteiger partial charge is 0.294 e. The molecule has 0 bridgehead atoms. The minimum atomic E-state index is -0.833. The summed E-state index contributed by atoms with van der Waals surface area (Å²) in [6, 6.07) is 14.3. The van der Waals surface area contributed by atoms with E-state index in [-0.39, 0.29) is 12.2 Å². The Balaban J connectivity index is 2.24. The third-order valence-electron chi connectivity index (χ3n) is 3.16. The molecule has 0 spiro atoms. The standard InChI is InChI=1S/C16H11ClN2OS/c17-13-5-3-11(4-6-13)15(20)8-14(12(9-18)10-19)16-2-1-7-21-16/h1-7,12,14H,8H2/t14-/m0/s1. The summed E-state index contributed by atoms with van der Waals surface area (Å²) in [6.07, 6.45) is 0.133. The third kappa shape index (κ3) is 3.70. The fourth-order valence-electron chi connectivity index (χ4n) is 2.05. The van der Waals surface area contributed by atoms with Crippen molar-refractivity contribution in [1.82, 2.24) is 0 Å². The second-order valence-corrected chi connectivity index (χ2v) is 5.91. The zero-order valence-electron chi connectivity index (χ0n) is 11.0. The Morgan fingerprint density at radius 2 is 1.86 bits per heavy atom. The Hall–Kier alpha value is -2.14. The first-order valence-corrected chi connectivity index (χ1v) is 7.53. The Labute approximate surface area is 132 Å². The van der Waals surface area contributed by atoms with Crippen LogP contribution in [0.3, 0.4) is 0 Å². The minimum absolute atomic E-state index is 0.0967. The van der Waals surface area contributed by atoms with Crippen molar-refractivity contribution >= 4 is 28.7 Å². The molecule has 2 aromatic rings. The summed E-state index contributed by atoms with van der Waals surface area (Å²) in [5, 5.41) is 20.7. The normalized spacial score (nSPS) is 11.6. The van der Waals surface area contributed by atoms with E-state index in [1.807, 2.05) is 29.7 Å². The molecule has 104 valence electrons. The highest BCUT2D eigenvalue weighted by atomic mass is 35.5. The number of hydrogen-bond donors (Lipinski definition) is 0. The molecule has 3 nitrogen and oxygen atoms in total. The van der Waals surface area contributed by atoms with Crippen LogP contribution in [0, 0.1) is 28.6 Å². The maximum atomic E-state index is 12.3. The molecule has 0 N–H and O–H groups in total. The molecule has 0 saturated heterocycles. The van der Waals surface area contributed by atoms with Gasteiger partial charge in [0.25, 0.3) is 0 Å². The van der Waals surface area contributed by atoms with Crippen molar-refractivity contribution in [2.45, 2.75) is 12.3 Å². The first-order valence-electron chi connectivity index (χ1n) is 6.27. The maximum Gasteiger partial charge on any atom is 0.163 e. The molecule has 5 heteroatoms. The molecule has 0 aliphatic carbocycles. The average Bonchev–Trinajstić information content (AvgIpc) is 3.02. The summed E-state index contributed by atoms with van der Waals surface area (Å²) < 4.78 is 0. The van der Waals surface area contributed by atoms with Crippen LogP contribution in [0.5, 0.6) is 0 Å². The molecular weight excluding hydrogens is 304 g/mol. The van der Waals surface area contributed by atoms with Crippen LogP contribution in [0.4, 0.5) is 0 Å². The molecule has 21 heavy (non-hydrogen) atoms. The number of hydrogen-bond acceptors (Lipinski definition) is 4. The van der Waals surface area contributed by atoms with Crippen molar-refractivity contribution in [3.63, 3.8) is 0 Å². The van der Waals surface area contributed by atoms with Crippen molar-refractivity contribution in [3.05, 3.63) is 57.2 Å². The molecule has 0 fully saturated rings. The summed E-state index contributed by atoms with van der Waals surface area (Å²) in [7, 11) is 0. The average molecular weight is 315 g/mol. The number of carbonyl (C=O) groups is 1. The highest BCUT2D eigenvalue weighted by molar-refractivity contribution is 7.10. The lowest BCUT2D eigenvalue weighted by molar-refractivity contribution is 0.0971. The monoisotopic (exact) mass is 314 g/mol. The summed E-state index contributed by atoms with van der Waals surface area (Å²) in [6.45, 7) is 0. The van der Waals surface area contributed by atoms with Gasteiger partial charge in [-0.1, -0.05) is 17.7 Å². The Bertz CT molecular complexity index is 681. The quantitative estimate of drug-likeness (QED) is 0.767. The molecule has 0 unspecified atom stereocenters. The predicted molar refractivity (Wildman–Crippen MR) is 82.2 cm³/mol. The van der Waals surface area contributed by atoms with Crippen molar-refractivity contribution < 1.29 is 4.79 Å². The fourth-order valence-corrected chi connectivity index (χ4v) is 3.04. The van der Waals surface area contributed by atoms with Gasteiger partial charge in [-0.3, -0.25) is 4.79 Å². The van der Waals surface area contributed by atoms with Gasteiger partial charge < -0.3 is 0 Å². The molecular formula is C16H11ClN2OS. The van der Waals surface area contributed by atoms with E-state index < -0.39 is 11.8 Å². The van der Waals surface area contributed by atoms with Gasteiger partial charge in [0.05, 0.1) is 12.1 Å². The molecule has 0 saturated carbocycles. The first kappa shape index (κ1) is 15.3. The smallest absolute Gasteiger partial charge is 0.163 e. The number of rotatable bonds is 5. The molecule has 0 radical (unpaired) electrons. The van der Waals surface area contributed by atoms with Crippen LogP contribution in [0.1, 0.15) is 27.6 Å². The second-order valence-electron chi connectivity index (χ2n) is 4.49. The first-order chi connectivity index (χ1) is 10.2. The van der Waals surface area contributed by atoms with Crippen LogP contribution in [-0.2, 0) is 0 Å². The molecule has 1 atom stereocenters. The van der Waals surface area contributed by atoms with Crippen molar-refractivity contribution in [1.29, 1.82) is 10.5 Å². The fraction of sp³-hybridized carbons (Fsp3) is 0.188. The van der Waals surface area contributed by atoms with Crippen molar-refractivity contribution in [2.24, 2.45) is 5.92 Å². The van der Waals surface area contributed by atoms with Gasteiger partial charge in [-0.2, -0.15) is 10.5 Å². The van der Waals surface area contributed by atoms with Gasteiger partial charge in [-0.05, 0) is 35.7 Å². The molecule has 2 rings (SSSR count). The predicted octanol–water partition coefficient (Wildman–Crippen LogP) is 4.42. The molecule has 0 aliphatic heterocycles. The van der Waals surface area contributed by atoms with E-state index in [0.717, 1.165) is 4.88 Å². The maximum absolute atomic E-state index is 12.3. The van der Waals surface area contributed by atoms with Crippen molar-refractivity contribution in [3.8, 4) is 12.1 Å². The SMILES string of the molecule is N#CC(C#N)[C@H](CC(=O)c1ccc(Cl)cc1)c1cccs1. The highest BCUT2D eigenvalue weighted by Crippen LogP contribution is 2.32. The number of halogens is 1. The van der Waals surface area contributed by atoms with Gasteiger partial charge in [0.1, 0.15) is 5.92 Å². The molecule has 0 aliphatic rings. The van der Waals surface area contributed by atoms with E-state index in [9.17, 15) is 4.79 Å². The van der Waals surface area contributed by atoms with E-state index in [1.54, 1.807) is 24.3 Å². The molecule has 1 aromatic carbocycles. The summed E-state index contributed by atoms with van der Waals surface area (Å²) in [4.78, 5) is 13.2. The van der Waals surface area contributed by atoms with E-state index in [1.165, 1.54) is 11.3 Å². The van der Waals surface area contributed by atoms with Gasteiger partial charge >= 0.3 is 0 Å². The van der Waals surface area contributed by atoms with Crippen molar-refractivity contribution in [2.75, 3.05) is 0 Å². The van der Waals surface area contributed by atoms with Gasteiger partial charge in [0.15, 0.2) is 5.78 Å². The molecule has 1 heterocycles. The van der Waals surface area contributed by atoms with Gasteiger partial charge in [-0.25, -0.2) is 0 Å². The van der Waals surface area contributed by atoms with Crippen LogP contribution in [0.15, 0.2) is 41.8 Å². The van der Waals surface area contributed by atoms with Crippen LogP contribution < -0.4 is 0 Å². The Kier molecular flexibility index (Phi) is 5.11. The Morgan fingerprint density at radius 3 is 2.38 bits per heavy atom. The number of Topliss-reactive ketones (excluding diaryl/α,β-unsaturated/α-hetero) is 1. The Morgan fingerprint density at radius 1 is 1.19 bits per heavy atom. The third-order valence-corrected chi connectivity index (χ3v) is 4.42. The van der Waals surface area contributed by atoms with Crippen LogP contribution in [0.2, 0.25) is 5.02 Å². The zero-order chi connectivity index (χ0) is 15.2. The lowest BCUT2D eigenvalue weighted by atomic mass is 9.87. The number of benzene rings is 1. The van der Waals surface area contributed by atoms with Gasteiger partial charge in [0.2, 0.25) is 0 Å². The summed E-state index contributed by atoms with van der Waals surface area (Å²) >= 11 is 7.26. The van der Waals surface area contributed by atoms with Gasteiger partial charge in [-0.15, -0.1) is 11.3 Å². The minimum Gasteiger partial charge on any atom is -0.294 e. The number of thiophene rings is 1. The van der Waals surface area contributed by atoms with Crippen LogP contribution in [0.25, 0.3) is 0 Å². The second kappa shape index (κ2) is 7.04. The highest BCUT2D eigenvalue weighted by Gasteiger charge is 2.27.